The van der Waals surface area contributed by atoms with Crippen LogP contribution in [0.2, 0.25) is 0 Å². The Labute approximate surface area is 81.7 Å². The van der Waals surface area contributed by atoms with Crippen LogP contribution >= 0.6 is 0 Å². The first-order chi connectivity index (χ1) is 6.38. The average molecular weight is 184 g/mol. The SMILES string of the molecule is CCCN(CCC[NH])C1CCNC1. The van der Waals surface area contributed by atoms with E-state index in [9.17, 15) is 0 Å². The molecule has 0 aliphatic carbocycles. The molecule has 1 atom stereocenters. The maximum absolute atomic E-state index is 7.16. The van der Waals surface area contributed by atoms with Gasteiger partial charge >= 0.3 is 0 Å². The van der Waals surface area contributed by atoms with Gasteiger partial charge in [0.1, 0.15) is 0 Å². The summed E-state index contributed by atoms with van der Waals surface area (Å²) >= 11 is 0. The van der Waals surface area contributed by atoms with Gasteiger partial charge in [-0.15, -0.1) is 0 Å². The zero-order valence-corrected chi connectivity index (χ0v) is 8.68. The average Bonchev–Trinajstić information content (AvgIpc) is 2.65. The van der Waals surface area contributed by atoms with Gasteiger partial charge in [-0.25, -0.2) is 0 Å². The van der Waals surface area contributed by atoms with Gasteiger partial charge in [0.25, 0.3) is 0 Å². The summed E-state index contributed by atoms with van der Waals surface area (Å²) < 4.78 is 0. The highest BCUT2D eigenvalue weighted by molar-refractivity contribution is 4.80. The van der Waals surface area contributed by atoms with Gasteiger partial charge in [-0.2, -0.15) is 0 Å². The fourth-order valence-electron chi connectivity index (χ4n) is 2.00. The van der Waals surface area contributed by atoms with E-state index in [4.69, 9.17) is 5.73 Å². The Morgan fingerprint density at radius 2 is 2.31 bits per heavy atom. The van der Waals surface area contributed by atoms with E-state index >= 15 is 0 Å². The van der Waals surface area contributed by atoms with E-state index in [1.165, 1.54) is 25.9 Å². The van der Waals surface area contributed by atoms with E-state index in [-0.39, 0.29) is 0 Å². The first kappa shape index (κ1) is 11.0. The van der Waals surface area contributed by atoms with Crippen LogP contribution in [-0.2, 0) is 0 Å². The molecule has 1 heterocycles. The van der Waals surface area contributed by atoms with Gasteiger partial charge in [-0.05, 0) is 38.9 Å². The first-order valence-corrected chi connectivity index (χ1v) is 5.47. The molecule has 0 aromatic heterocycles. The number of nitrogens with one attached hydrogen (secondary N) is 2. The Kier molecular flexibility index (Phi) is 5.35. The van der Waals surface area contributed by atoms with E-state index in [1.807, 2.05) is 0 Å². The van der Waals surface area contributed by atoms with Gasteiger partial charge in [-0.1, -0.05) is 6.92 Å². The predicted molar refractivity (Wildman–Crippen MR) is 55.7 cm³/mol. The lowest BCUT2D eigenvalue weighted by Gasteiger charge is -2.27. The summed E-state index contributed by atoms with van der Waals surface area (Å²) in [4.78, 5) is 2.55. The molecule has 1 unspecified atom stereocenters. The Morgan fingerprint density at radius 1 is 1.46 bits per heavy atom. The van der Waals surface area contributed by atoms with E-state index in [1.54, 1.807) is 0 Å². The molecular formula is C10H22N3. The van der Waals surface area contributed by atoms with Gasteiger partial charge in [0.15, 0.2) is 0 Å². The van der Waals surface area contributed by atoms with Crippen LogP contribution in [0.5, 0.6) is 0 Å². The van der Waals surface area contributed by atoms with E-state index in [0.29, 0.717) is 6.54 Å². The normalized spacial score (nSPS) is 22.8. The first-order valence-electron chi connectivity index (χ1n) is 5.47. The molecule has 3 nitrogen and oxygen atoms in total. The quantitative estimate of drug-likeness (QED) is 0.661. The van der Waals surface area contributed by atoms with Gasteiger partial charge in [-0.3, -0.25) is 10.6 Å². The van der Waals surface area contributed by atoms with E-state index in [0.717, 1.165) is 25.6 Å². The van der Waals surface area contributed by atoms with E-state index in [2.05, 4.69) is 17.1 Å². The van der Waals surface area contributed by atoms with Crippen LogP contribution in [0.4, 0.5) is 0 Å². The van der Waals surface area contributed by atoms with Crippen molar-refractivity contribution in [3.63, 3.8) is 0 Å². The molecule has 13 heavy (non-hydrogen) atoms. The minimum atomic E-state index is 0.570. The van der Waals surface area contributed by atoms with Crippen molar-refractivity contribution in [1.29, 1.82) is 0 Å². The molecule has 0 saturated carbocycles. The van der Waals surface area contributed by atoms with Crippen molar-refractivity contribution in [2.24, 2.45) is 0 Å². The number of nitrogens with zero attached hydrogens (tertiary/aromatic N) is 1. The van der Waals surface area contributed by atoms with Crippen molar-refractivity contribution in [3.8, 4) is 0 Å². The molecule has 1 aliphatic heterocycles. The lowest BCUT2D eigenvalue weighted by atomic mass is 10.2. The van der Waals surface area contributed by atoms with Crippen molar-refractivity contribution in [2.45, 2.75) is 32.2 Å². The highest BCUT2D eigenvalue weighted by Crippen LogP contribution is 2.09. The number of hydrogen-bond acceptors (Lipinski definition) is 2. The highest BCUT2D eigenvalue weighted by Gasteiger charge is 2.20. The van der Waals surface area contributed by atoms with Crippen LogP contribution in [0, 0.1) is 0 Å². The Morgan fingerprint density at radius 3 is 2.85 bits per heavy atom. The van der Waals surface area contributed by atoms with Crippen LogP contribution in [-0.4, -0.2) is 43.7 Å². The molecule has 2 N–H and O–H groups in total. The van der Waals surface area contributed by atoms with Gasteiger partial charge < -0.3 is 5.32 Å². The van der Waals surface area contributed by atoms with Crippen LogP contribution in [0.25, 0.3) is 0 Å². The second kappa shape index (κ2) is 6.35. The largest absolute Gasteiger partial charge is 0.315 e. The molecule has 0 spiro atoms. The second-order valence-corrected chi connectivity index (χ2v) is 3.79. The summed E-state index contributed by atoms with van der Waals surface area (Å²) in [6.07, 6.45) is 3.54. The monoisotopic (exact) mass is 184 g/mol. The summed E-state index contributed by atoms with van der Waals surface area (Å²) in [6.45, 7) is 7.44. The molecule has 1 fully saturated rings. The van der Waals surface area contributed by atoms with Crippen molar-refractivity contribution < 1.29 is 0 Å². The molecule has 0 bridgehead atoms. The molecule has 0 amide bonds. The smallest absolute Gasteiger partial charge is 0.0232 e. The standard InChI is InChI=1S/C10H22N3/c1-2-7-13(8-3-5-11)10-4-6-12-9-10/h10-12H,2-9H2,1H3. The summed E-state index contributed by atoms with van der Waals surface area (Å²) in [5.74, 6) is 0. The third-order valence-corrected chi connectivity index (χ3v) is 2.68. The fourth-order valence-corrected chi connectivity index (χ4v) is 2.00. The zero-order valence-electron chi connectivity index (χ0n) is 8.68. The molecule has 1 rings (SSSR count). The molecule has 1 radical (unpaired) electrons. The summed E-state index contributed by atoms with van der Waals surface area (Å²) in [5, 5.41) is 3.40. The van der Waals surface area contributed by atoms with Crippen LogP contribution in [0.1, 0.15) is 26.2 Å². The van der Waals surface area contributed by atoms with Gasteiger partial charge in [0.05, 0.1) is 0 Å². The lowest BCUT2D eigenvalue weighted by Crippen LogP contribution is -2.38. The molecule has 77 valence electrons. The molecule has 0 aromatic carbocycles. The van der Waals surface area contributed by atoms with Gasteiger partial charge in [0.2, 0.25) is 0 Å². The highest BCUT2D eigenvalue weighted by atomic mass is 15.2. The number of hydrogen-bond donors (Lipinski definition) is 1. The van der Waals surface area contributed by atoms with Crippen LogP contribution < -0.4 is 11.1 Å². The predicted octanol–water partition coefficient (Wildman–Crippen LogP) is 0.733. The summed E-state index contributed by atoms with van der Waals surface area (Å²) in [6, 6.07) is 0.742. The molecule has 1 aliphatic rings. The zero-order chi connectivity index (χ0) is 9.52. The maximum atomic E-state index is 7.16. The van der Waals surface area contributed by atoms with Crippen LogP contribution in [0.3, 0.4) is 0 Å². The molecular weight excluding hydrogens is 162 g/mol. The van der Waals surface area contributed by atoms with Crippen molar-refractivity contribution >= 4 is 0 Å². The number of rotatable bonds is 6. The van der Waals surface area contributed by atoms with Crippen molar-refractivity contribution in [3.05, 3.63) is 0 Å². The third kappa shape index (κ3) is 3.63. The maximum Gasteiger partial charge on any atom is 0.0232 e. The molecule has 1 saturated heterocycles. The Bertz CT molecular complexity index is 121. The summed E-state index contributed by atoms with van der Waals surface area (Å²) in [7, 11) is 0. The molecule has 0 aromatic rings. The Hall–Kier alpha value is -0.120. The van der Waals surface area contributed by atoms with E-state index < -0.39 is 0 Å². The second-order valence-electron chi connectivity index (χ2n) is 3.79. The van der Waals surface area contributed by atoms with Crippen LogP contribution in [0.15, 0.2) is 0 Å². The minimum absolute atomic E-state index is 0.570. The fraction of sp³-hybridized carbons (Fsp3) is 1.00. The lowest BCUT2D eigenvalue weighted by molar-refractivity contribution is 0.207. The van der Waals surface area contributed by atoms with Crippen molar-refractivity contribution in [2.75, 3.05) is 32.7 Å². The van der Waals surface area contributed by atoms with Crippen molar-refractivity contribution in [1.82, 2.24) is 16.0 Å². The summed E-state index contributed by atoms with van der Waals surface area (Å²) in [5.41, 5.74) is 7.16. The van der Waals surface area contributed by atoms with Gasteiger partial charge in [0, 0.05) is 19.1 Å². The minimum Gasteiger partial charge on any atom is -0.315 e. The Balaban J connectivity index is 2.26. The topological polar surface area (TPSA) is 39.1 Å². The molecule has 3 heteroatoms. The third-order valence-electron chi connectivity index (χ3n) is 2.68.